The number of hydrogen-bond acceptors (Lipinski definition) is 15. The summed E-state index contributed by atoms with van der Waals surface area (Å²) in [6, 6.07) is -0.831. The SMILES string of the molecule is COCCOCCOCCOCCOCCOCCOCCOCCOCCOCCOCCOCCNC(=O)C[C@@H](NC(=O)CCC(C)C)C(=O)C(C)C. The van der Waals surface area contributed by atoms with E-state index in [1.165, 1.54) is 0 Å². The Morgan fingerprint density at radius 3 is 1.04 bits per heavy atom. The molecule has 0 heterocycles. The van der Waals surface area contributed by atoms with Crippen LogP contribution in [0.5, 0.6) is 0 Å². The molecule has 0 saturated heterocycles. The zero-order valence-corrected chi connectivity index (χ0v) is 34.4. The predicted molar refractivity (Wildman–Crippen MR) is 204 cm³/mol. The van der Waals surface area contributed by atoms with E-state index in [4.69, 9.17) is 56.8 Å². The van der Waals surface area contributed by atoms with Gasteiger partial charge in [-0.2, -0.15) is 0 Å². The lowest BCUT2D eigenvalue weighted by atomic mass is 9.98. The highest BCUT2D eigenvalue weighted by molar-refractivity contribution is 5.94. The normalized spacial score (nSPS) is 12.1. The first kappa shape index (κ1) is 53.1. The second-order valence-corrected chi connectivity index (χ2v) is 12.9. The minimum Gasteiger partial charge on any atom is -0.382 e. The summed E-state index contributed by atoms with van der Waals surface area (Å²) in [5.41, 5.74) is 0. The number of methoxy groups -OCH3 is 1. The van der Waals surface area contributed by atoms with Gasteiger partial charge in [0.25, 0.3) is 0 Å². The largest absolute Gasteiger partial charge is 0.382 e. The third-order valence-corrected chi connectivity index (χ3v) is 7.31. The van der Waals surface area contributed by atoms with Crippen molar-refractivity contribution in [1.29, 1.82) is 0 Å². The van der Waals surface area contributed by atoms with Crippen molar-refractivity contribution in [2.24, 2.45) is 11.8 Å². The van der Waals surface area contributed by atoms with Gasteiger partial charge in [0.1, 0.15) is 0 Å². The van der Waals surface area contributed by atoms with Gasteiger partial charge in [-0.25, -0.2) is 0 Å². The number of ketones is 1. The van der Waals surface area contributed by atoms with Crippen molar-refractivity contribution in [3.05, 3.63) is 0 Å². The summed E-state index contributed by atoms with van der Waals surface area (Å²) in [5.74, 6) is -0.598. The van der Waals surface area contributed by atoms with Gasteiger partial charge in [0.15, 0.2) is 5.78 Å². The monoisotopic (exact) mass is 799 g/mol. The molecule has 1 atom stereocenters. The summed E-state index contributed by atoms with van der Waals surface area (Å²) in [6.45, 7) is 18.9. The third-order valence-electron chi connectivity index (χ3n) is 7.31. The van der Waals surface area contributed by atoms with Crippen molar-refractivity contribution in [3.8, 4) is 0 Å². The Morgan fingerprint density at radius 1 is 0.436 bits per heavy atom. The molecular weight excluding hydrogens is 724 g/mol. The number of hydrogen-bond donors (Lipinski definition) is 2. The van der Waals surface area contributed by atoms with Crippen molar-refractivity contribution in [1.82, 2.24) is 10.6 Å². The number of ether oxygens (including phenoxy) is 12. The van der Waals surface area contributed by atoms with Gasteiger partial charge in [-0.1, -0.05) is 27.7 Å². The summed E-state index contributed by atoms with van der Waals surface area (Å²) in [7, 11) is 1.64. The molecule has 0 spiro atoms. The van der Waals surface area contributed by atoms with Crippen LogP contribution < -0.4 is 10.6 Å². The fourth-order valence-electron chi connectivity index (χ4n) is 4.28. The molecule has 0 aliphatic carbocycles. The van der Waals surface area contributed by atoms with Crippen LogP contribution in [0.25, 0.3) is 0 Å². The van der Waals surface area contributed by atoms with Gasteiger partial charge in [0.05, 0.1) is 164 Å². The summed E-state index contributed by atoms with van der Waals surface area (Å²) in [5, 5.41) is 5.47. The first-order chi connectivity index (χ1) is 26.8. The molecule has 17 heteroatoms. The fraction of sp³-hybridized carbons (Fsp3) is 0.921. The molecule has 0 bridgehead atoms. The number of rotatable bonds is 44. The van der Waals surface area contributed by atoms with Crippen LogP contribution in [0.4, 0.5) is 0 Å². The molecule has 326 valence electrons. The fourth-order valence-corrected chi connectivity index (χ4v) is 4.28. The van der Waals surface area contributed by atoms with Crippen LogP contribution in [-0.2, 0) is 71.2 Å². The summed E-state index contributed by atoms with van der Waals surface area (Å²) >= 11 is 0. The first-order valence-electron chi connectivity index (χ1n) is 19.7. The zero-order valence-electron chi connectivity index (χ0n) is 34.4. The van der Waals surface area contributed by atoms with Crippen molar-refractivity contribution in [3.63, 3.8) is 0 Å². The van der Waals surface area contributed by atoms with E-state index in [1.54, 1.807) is 21.0 Å². The highest BCUT2D eigenvalue weighted by Gasteiger charge is 2.25. The Labute approximate surface area is 329 Å². The zero-order chi connectivity index (χ0) is 40.5. The molecule has 0 aliphatic rings. The lowest BCUT2D eigenvalue weighted by molar-refractivity contribution is -0.132. The van der Waals surface area contributed by atoms with E-state index in [0.29, 0.717) is 171 Å². The average molecular weight is 799 g/mol. The van der Waals surface area contributed by atoms with Gasteiger partial charge < -0.3 is 67.5 Å². The molecule has 0 aromatic rings. The number of Topliss-reactive ketones (excluding diaryl/α,β-unsaturated/α-hetero) is 1. The third kappa shape index (κ3) is 40.1. The quantitative estimate of drug-likeness (QED) is 0.0844. The molecule has 0 aromatic carbocycles. The number of carbonyl (C=O) groups excluding carboxylic acids is 3. The summed E-state index contributed by atoms with van der Waals surface area (Å²) in [6.07, 6.45) is 0.955. The number of nitrogens with one attached hydrogen (secondary N) is 2. The molecule has 0 aliphatic heterocycles. The molecule has 0 saturated carbocycles. The Balaban J connectivity index is 3.38. The lowest BCUT2D eigenvalue weighted by Gasteiger charge is -2.19. The maximum Gasteiger partial charge on any atom is 0.222 e. The molecule has 0 radical (unpaired) electrons. The molecule has 55 heavy (non-hydrogen) atoms. The second-order valence-electron chi connectivity index (χ2n) is 12.9. The van der Waals surface area contributed by atoms with E-state index in [2.05, 4.69) is 10.6 Å². The van der Waals surface area contributed by atoms with Crippen LogP contribution in [0.3, 0.4) is 0 Å². The van der Waals surface area contributed by atoms with E-state index >= 15 is 0 Å². The Hall–Kier alpha value is -1.87. The van der Waals surface area contributed by atoms with Crippen LogP contribution in [0, 0.1) is 11.8 Å². The number of carbonyl (C=O) groups is 3. The smallest absolute Gasteiger partial charge is 0.222 e. The molecule has 17 nitrogen and oxygen atoms in total. The lowest BCUT2D eigenvalue weighted by Crippen LogP contribution is -2.46. The predicted octanol–water partition coefficient (Wildman–Crippen LogP) is 1.47. The molecule has 0 unspecified atom stereocenters. The van der Waals surface area contributed by atoms with Gasteiger partial charge >= 0.3 is 0 Å². The van der Waals surface area contributed by atoms with Crippen LogP contribution in [0.1, 0.15) is 47.0 Å². The summed E-state index contributed by atoms with van der Waals surface area (Å²) < 4.78 is 64.9. The van der Waals surface area contributed by atoms with Crippen LogP contribution in [0.15, 0.2) is 0 Å². The van der Waals surface area contributed by atoms with Crippen LogP contribution in [0.2, 0.25) is 0 Å². The highest BCUT2D eigenvalue weighted by Crippen LogP contribution is 2.07. The average Bonchev–Trinajstić information content (AvgIpc) is 3.16. The second kappa shape index (κ2) is 41.8. The van der Waals surface area contributed by atoms with Crippen molar-refractivity contribution < 1.29 is 71.2 Å². The Kier molecular flexibility index (Phi) is 40.3. The van der Waals surface area contributed by atoms with Crippen molar-refractivity contribution >= 4 is 17.6 Å². The van der Waals surface area contributed by atoms with Gasteiger partial charge in [0.2, 0.25) is 11.8 Å². The molecule has 0 aromatic heterocycles. The van der Waals surface area contributed by atoms with Gasteiger partial charge in [-0.05, 0) is 12.3 Å². The Morgan fingerprint density at radius 2 is 0.745 bits per heavy atom. The molecule has 2 N–H and O–H groups in total. The maximum absolute atomic E-state index is 12.5. The summed E-state index contributed by atoms with van der Waals surface area (Å²) in [4.78, 5) is 37.1. The van der Waals surface area contributed by atoms with E-state index in [1.807, 2.05) is 13.8 Å². The van der Waals surface area contributed by atoms with Crippen LogP contribution in [-0.4, -0.2) is 189 Å². The van der Waals surface area contributed by atoms with E-state index in [-0.39, 0.29) is 29.9 Å². The minimum absolute atomic E-state index is 0.0950. The molecular formula is C38H74N2O15. The Bertz CT molecular complexity index is 870. The molecule has 0 fully saturated rings. The topological polar surface area (TPSA) is 186 Å². The van der Waals surface area contributed by atoms with E-state index < -0.39 is 6.04 Å². The standard InChI is InChI=1S/C38H74N2O15/c1-33(2)6-7-36(41)40-35(38(43)34(3)4)32-37(42)39-8-9-45-12-13-47-16-17-49-20-21-51-24-25-53-28-29-55-31-30-54-27-26-52-23-22-50-19-18-48-15-14-46-11-10-44-5/h33-35H,6-32H2,1-5H3,(H,39,42)(H,40,41)/t35-/m1/s1. The molecule has 0 rings (SSSR count). The van der Waals surface area contributed by atoms with Crippen LogP contribution >= 0.6 is 0 Å². The highest BCUT2D eigenvalue weighted by atomic mass is 16.6. The van der Waals surface area contributed by atoms with Crippen molar-refractivity contribution in [2.75, 3.05) is 166 Å². The van der Waals surface area contributed by atoms with Gasteiger partial charge in [-0.15, -0.1) is 0 Å². The van der Waals surface area contributed by atoms with Gasteiger partial charge in [0, 0.05) is 26.0 Å². The van der Waals surface area contributed by atoms with Gasteiger partial charge in [-0.3, -0.25) is 14.4 Å². The van der Waals surface area contributed by atoms with Crippen molar-refractivity contribution in [2.45, 2.75) is 53.0 Å². The van der Waals surface area contributed by atoms with E-state index in [0.717, 1.165) is 6.42 Å². The van der Waals surface area contributed by atoms with E-state index in [9.17, 15) is 14.4 Å². The maximum atomic E-state index is 12.5. The minimum atomic E-state index is -0.831. The number of amides is 2. The first-order valence-corrected chi connectivity index (χ1v) is 19.7. The molecule has 2 amide bonds.